The van der Waals surface area contributed by atoms with Gasteiger partial charge in [-0.1, -0.05) is 25.0 Å². The van der Waals surface area contributed by atoms with E-state index < -0.39 is 0 Å². The van der Waals surface area contributed by atoms with Crippen LogP contribution in [0.15, 0.2) is 36.4 Å². The second-order valence-corrected chi connectivity index (χ2v) is 10.0. The highest BCUT2D eigenvalue weighted by Gasteiger charge is 2.37. The molecule has 2 unspecified atom stereocenters. The molecule has 164 valence electrons. The second kappa shape index (κ2) is 8.05. The van der Waals surface area contributed by atoms with E-state index in [2.05, 4.69) is 35.2 Å². The van der Waals surface area contributed by atoms with Gasteiger partial charge in [-0.15, -0.1) is 0 Å². The molecule has 1 saturated heterocycles. The molecule has 2 aliphatic heterocycles. The fourth-order valence-corrected chi connectivity index (χ4v) is 6.66. The maximum absolute atomic E-state index is 5.78. The van der Waals surface area contributed by atoms with Crippen LogP contribution in [0.25, 0.3) is 11.1 Å². The number of hydrogen-bond donors (Lipinski definition) is 0. The number of benzene rings is 2. The van der Waals surface area contributed by atoms with Gasteiger partial charge in [0.15, 0.2) is 11.5 Å². The monoisotopic (exact) mass is 419 g/mol. The van der Waals surface area contributed by atoms with Crippen molar-refractivity contribution in [3.05, 3.63) is 42.0 Å². The summed E-state index contributed by atoms with van der Waals surface area (Å²) in [5.74, 6) is 5.30. The molecule has 2 saturated carbocycles. The quantitative estimate of drug-likeness (QED) is 0.622. The Hall–Kier alpha value is -2.20. The zero-order valence-corrected chi connectivity index (χ0v) is 18.5. The molecule has 0 N–H and O–H groups in total. The first-order chi connectivity index (χ1) is 15.3. The number of fused-ring (bicyclic) bond motifs is 3. The molecule has 31 heavy (non-hydrogen) atoms. The smallest absolute Gasteiger partial charge is 0.231 e. The van der Waals surface area contributed by atoms with Gasteiger partial charge in [0.1, 0.15) is 5.75 Å². The Bertz CT molecular complexity index is 937. The van der Waals surface area contributed by atoms with E-state index in [-0.39, 0.29) is 0 Å². The van der Waals surface area contributed by atoms with Gasteiger partial charge in [0, 0.05) is 6.04 Å². The van der Waals surface area contributed by atoms with Crippen molar-refractivity contribution < 1.29 is 14.2 Å². The third-order valence-electron chi connectivity index (χ3n) is 8.28. The molecule has 3 fully saturated rings. The molecular weight excluding hydrogens is 386 g/mol. The fraction of sp³-hybridized carbons (Fsp3) is 0.556. The fourth-order valence-electron chi connectivity index (χ4n) is 6.66. The van der Waals surface area contributed by atoms with Crippen molar-refractivity contribution in [3.8, 4) is 28.4 Å². The van der Waals surface area contributed by atoms with Crippen molar-refractivity contribution >= 4 is 0 Å². The topological polar surface area (TPSA) is 30.9 Å². The Balaban J connectivity index is 1.19. The van der Waals surface area contributed by atoms with E-state index in [1.807, 2.05) is 6.07 Å². The van der Waals surface area contributed by atoms with Gasteiger partial charge in [-0.05, 0) is 104 Å². The minimum Gasteiger partial charge on any atom is -0.496 e. The lowest BCUT2D eigenvalue weighted by Gasteiger charge is -2.41. The van der Waals surface area contributed by atoms with Gasteiger partial charge >= 0.3 is 0 Å². The molecule has 4 heteroatoms. The molecule has 2 aromatic carbocycles. The van der Waals surface area contributed by atoms with Crippen LogP contribution in [0.3, 0.4) is 0 Å². The SMILES string of the molecule is COc1ccc(-c2ccc3c(c2)OCO3)cc1C1CCN(C2CC3CCC(C3)C2)CC1. The molecule has 0 spiro atoms. The maximum Gasteiger partial charge on any atom is 0.231 e. The van der Waals surface area contributed by atoms with Gasteiger partial charge in [0.05, 0.1) is 7.11 Å². The van der Waals surface area contributed by atoms with Crippen molar-refractivity contribution in [1.29, 1.82) is 0 Å². The van der Waals surface area contributed by atoms with Gasteiger partial charge in [-0.25, -0.2) is 0 Å². The Morgan fingerprint density at radius 1 is 0.806 bits per heavy atom. The largest absolute Gasteiger partial charge is 0.496 e. The third kappa shape index (κ3) is 3.69. The summed E-state index contributed by atoms with van der Waals surface area (Å²) in [4.78, 5) is 2.81. The normalized spacial score (nSPS) is 28.1. The van der Waals surface area contributed by atoms with E-state index in [9.17, 15) is 0 Å². The Labute approximate surface area is 185 Å². The van der Waals surface area contributed by atoms with Crippen LogP contribution in [0.1, 0.15) is 56.4 Å². The number of likely N-dealkylation sites (tertiary alicyclic amines) is 1. The minimum atomic E-state index is 0.313. The summed E-state index contributed by atoms with van der Waals surface area (Å²) in [6.07, 6.45) is 9.84. The first-order valence-electron chi connectivity index (χ1n) is 12.1. The summed E-state index contributed by atoms with van der Waals surface area (Å²) in [5, 5.41) is 0. The number of ether oxygens (including phenoxy) is 3. The van der Waals surface area contributed by atoms with E-state index in [4.69, 9.17) is 14.2 Å². The van der Waals surface area contributed by atoms with E-state index >= 15 is 0 Å². The van der Waals surface area contributed by atoms with E-state index in [0.717, 1.165) is 35.1 Å². The third-order valence-corrected chi connectivity index (χ3v) is 8.28. The lowest BCUT2D eigenvalue weighted by Crippen LogP contribution is -2.43. The molecule has 0 radical (unpaired) electrons. The van der Waals surface area contributed by atoms with Crippen LogP contribution in [0, 0.1) is 11.8 Å². The number of piperidine rings is 1. The van der Waals surface area contributed by atoms with Gasteiger partial charge in [0.2, 0.25) is 6.79 Å². The van der Waals surface area contributed by atoms with Gasteiger partial charge in [-0.3, -0.25) is 0 Å². The molecule has 4 aliphatic rings. The summed E-state index contributed by atoms with van der Waals surface area (Å²) < 4.78 is 16.8. The summed E-state index contributed by atoms with van der Waals surface area (Å²) in [6.45, 7) is 2.77. The van der Waals surface area contributed by atoms with Crippen LogP contribution in [0.2, 0.25) is 0 Å². The predicted molar refractivity (Wildman–Crippen MR) is 122 cm³/mol. The van der Waals surface area contributed by atoms with Gasteiger partial charge in [-0.2, -0.15) is 0 Å². The van der Waals surface area contributed by atoms with Crippen LogP contribution in [-0.4, -0.2) is 37.9 Å². The van der Waals surface area contributed by atoms with Crippen molar-refractivity contribution in [2.45, 2.75) is 56.9 Å². The molecular formula is C27H33NO3. The highest BCUT2D eigenvalue weighted by Crippen LogP contribution is 2.45. The van der Waals surface area contributed by atoms with E-state index in [1.165, 1.54) is 74.7 Å². The van der Waals surface area contributed by atoms with Crippen LogP contribution in [0.5, 0.6) is 17.2 Å². The first-order valence-corrected chi connectivity index (χ1v) is 12.1. The second-order valence-electron chi connectivity index (χ2n) is 10.0. The van der Waals surface area contributed by atoms with Crippen molar-refractivity contribution in [2.75, 3.05) is 27.0 Å². The van der Waals surface area contributed by atoms with E-state index in [0.29, 0.717) is 12.7 Å². The number of nitrogens with zero attached hydrogens (tertiary/aromatic N) is 1. The number of methoxy groups -OCH3 is 1. The van der Waals surface area contributed by atoms with Crippen molar-refractivity contribution in [2.24, 2.45) is 11.8 Å². The molecule has 6 rings (SSSR count). The van der Waals surface area contributed by atoms with Crippen molar-refractivity contribution in [1.82, 2.24) is 4.90 Å². The zero-order valence-electron chi connectivity index (χ0n) is 18.5. The standard InChI is InChI=1S/C27H33NO3/c1-29-25-6-4-21(22-5-7-26-27(16-22)31-17-30-26)15-24(25)20-8-10-28(11-9-20)23-13-18-2-3-19(12-18)14-23/h4-7,15-16,18-20,23H,2-3,8-14,17H2,1H3. The van der Waals surface area contributed by atoms with Crippen LogP contribution in [0.4, 0.5) is 0 Å². The Kier molecular flexibility index (Phi) is 5.06. The Morgan fingerprint density at radius 2 is 1.52 bits per heavy atom. The molecule has 2 aromatic rings. The lowest BCUT2D eigenvalue weighted by molar-refractivity contribution is 0.0980. The lowest BCUT2D eigenvalue weighted by atomic mass is 9.82. The molecule has 2 aliphatic carbocycles. The summed E-state index contributed by atoms with van der Waals surface area (Å²) >= 11 is 0. The number of hydrogen-bond acceptors (Lipinski definition) is 4. The molecule has 2 atom stereocenters. The first kappa shape index (κ1) is 19.5. The minimum absolute atomic E-state index is 0.313. The highest BCUT2D eigenvalue weighted by molar-refractivity contribution is 5.69. The average molecular weight is 420 g/mol. The summed E-state index contributed by atoms with van der Waals surface area (Å²) in [5.41, 5.74) is 3.75. The molecule has 0 aromatic heterocycles. The number of rotatable bonds is 4. The summed E-state index contributed by atoms with van der Waals surface area (Å²) in [6, 6.07) is 13.7. The van der Waals surface area contributed by atoms with Crippen LogP contribution in [-0.2, 0) is 0 Å². The average Bonchev–Trinajstić information content (AvgIpc) is 3.43. The maximum atomic E-state index is 5.78. The van der Waals surface area contributed by atoms with E-state index in [1.54, 1.807) is 7.11 Å². The molecule has 2 heterocycles. The van der Waals surface area contributed by atoms with Gasteiger partial charge in [0.25, 0.3) is 0 Å². The molecule has 2 bridgehead atoms. The molecule has 4 nitrogen and oxygen atoms in total. The van der Waals surface area contributed by atoms with Crippen LogP contribution < -0.4 is 14.2 Å². The van der Waals surface area contributed by atoms with Gasteiger partial charge < -0.3 is 19.1 Å². The Morgan fingerprint density at radius 3 is 2.29 bits per heavy atom. The summed E-state index contributed by atoms with van der Waals surface area (Å²) in [7, 11) is 1.80. The highest BCUT2D eigenvalue weighted by atomic mass is 16.7. The van der Waals surface area contributed by atoms with Crippen molar-refractivity contribution in [3.63, 3.8) is 0 Å². The molecule has 0 amide bonds. The van der Waals surface area contributed by atoms with Crippen LogP contribution >= 0.6 is 0 Å². The zero-order chi connectivity index (χ0) is 20.8. The predicted octanol–water partition coefficient (Wildman–Crippen LogP) is 5.85.